The lowest BCUT2D eigenvalue weighted by Crippen LogP contribution is -2.46. The summed E-state index contributed by atoms with van der Waals surface area (Å²) >= 11 is 11.6. The molecule has 0 amide bonds. The van der Waals surface area contributed by atoms with E-state index in [1.54, 1.807) is 0 Å². The van der Waals surface area contributed by atoms with E-state index in [1.807, 2.05) is 0 Å². The fourth-order valence-corrected chi connectivity index (χ4v) is 4.69. The number of halogens is 3. The fraction of sp³-hybridized carbons (Fsp3) is 0.250. The molecule has 150 valence electrons. The molecule has 1 saturated heterocycles. The van der Waals surface area contributed by atoms with Crippen molar-refractivity contribution in [3.63, 3.8) is 0 Å². The van der Waals surface area contributed by atoms with E-state index in [-0.39, 0.29) is 28.9 Å². The Kier molecular flexibility index (Phi) is 6.06. The van der Waals surface area contributed by atoms with Gasteiger partial charge in [0, 0.05) is 49.4 Å². The molecule has 2 aromatic carbocycles. The molecule has 8 nitrogen and oxygen atoms in total. The molecule has 0 spiro atoms. The van der Waals surface area contributed by atoms with E-state index in [0.29, 0.717) is 13.1 Å². The van der Waals surface area contributed by atoms with Crippen molar-refractivity contribution >= 4 is 38.9 Å². The Morgan fingerprint density at radius 3 is 2.46 bits per heavy atom. The first-order chi connectivity index (χ1) is 13.2. The van der Waals surface area contributed by atoms with Gasteiger partial charge in [-0.2, -0.15) is 4.31 Å². The highest BCUT2D eigenvalue weighted by Gasteiger charge is 2.31. The van der Waals surface area contributed by atoms with E-state index in [0.717, 1.165) is 24.3 Å². The first-order valence-corrected chi connectivity index (χ1v) is 10.2. The van der Waals surface area contributed by atoms with Crippen LogP contribution < -0.4 is 10.1 Å². The summed E-state index contributed by atoms with van der Waals surface area (Å²) < 4.78 is 47.0. The van der Waals surface area contributed by atoms with Gasteiger partial charge in [0.05, 0.1) is 9.95 Å². The van der Waals surface area contributed by atoms with Crippen molar-refractivity contribution in [2.45, 2.75) is 4.90 Å². The number of benzene rings is 2. The number of nitrogens with zero attached hydrogens (tertiary/aromatic N) is 2. The predicted molar refractivity (Wildman–Crippen MR) is 101 cm³/mol. The quantitative estimate of drug-likeness (QED) is 0.426. The zero-order valence-electron chi connectivity index (χ0n) is 14.2. The van der Waals surface area contributed by atoms with Gasteiger partial charge in [0.25, 0.3) is 5.69 Å². The standard InChI is InChI=1S/C16H14Cl2FN3O5S/c17-10-7-12(18)16(19)14(8-10)27-13-2-1-11(22(23)24)9-15(13)28(25,26)21-5-3-20-4-6-21/h1-2,7-9,20H,3-6H2. The molecule has 1 N–H and O–H groups in total. The Balaban J connectivity index is 2.10. The summed E-state index contributed by atoms with van der Waals surface area (Å²) in [6.07, 6.45) is 0. The summed E-state index contributed by atoms with van der Waals surface area (Å²) in [7, 11) is -4.13. The topological polar surface area (TPSA) is 102 Å². The molecule has 28 heavy (non-hydrogen) atoms. The van der Waals surface area contributed by atoms with Crippen LogP contribution in [0.25, 0.3) is 0 Å². The number of nitro benzene ring substituents is 1. The molecule has 1 fully saturated rings. The highest BCUT2D eigenvalue weighted by Crippen LogP contribution is 2.37. The number of sulfonamides is 1. The van der Waals surface area contributed by atoms with Crippen molar-refractivity contribution in [2.24, 2.45) is 0 Å². The zero-order chi connectivity index (χ0) is 20.5. The molecule has 1 aliphatic heterocycles. The molecule has 0 bridgehead atoms. The van der Waals surface area contributed by atoms with Gasteiger partial charge < -0.3 is 10.1 Å². The van der Waals surface area contributed by atoms with Crippen LogP contribution in [-0.4, -0.2) is 43.8 Å². The number of hydrogen-bond acceptors (Lipinski definition) is 6. The van der Waals surface area contributed by atoms with Crippen LogP contribution in [0.15, 0.2) is 35.2 Å². The smallest absolute Gasteiger partial charge is 0.271 e. The minimum atomic E-state index is -4.13. The first kappa shape index (κ1) is 20.7. The van der Waals surface area contributed by atoms with Gasteiger partial charge in [0.15, 0.2) is 11.6 Å². The van der Waals surface area contributed by atoms with Crippen molar-refractivity contribution < 1.29 is 22.5 Å². The van der Waals surface area contributed by atoms with Crippen molar-refractivity contribution in [2.75, 3.05) is 26.2 Å². The molecule has 0 saturated carbocycles. The lowest BCUT2D eigenvalue weighted by atomic mass is 10.3. The van der Waals surface area contributed by atoms with Crippen molar-refractivity contribution in [3.05, 3.63) is 56.3 Å². The number of ether oxygens (including phenoxy) is 1. The molecule has 0 aliphatic carbocycles. The monoisotopic (exact) mass is 449 g/mol. The van der Waals surface area contributed by atoms with Gasteiger partial charge in [-0.15, -0.1) is 0 Å². The molecule has 0 aromatic heterocycles. The summed E-state index contributed by atoms with van der Waals surface area (Å²) in [5.74, 6) is -1.61. The minimum absolute atomic E-state index is 0.0785. The van der Waals surface area contributed by atoms with Gasteiger partial charge in [0.1, 0.15) is 10.6 Å². The number of piperazine rings is 1. The Labute approximate surface area is 170 Å². The lowest BCUT2D eigenvalue weighted by Gasteiger charge is -2.27. The highest BCUT2D eigenvalue weighted by atomic mass is 35.5. The largest absolute Gasteiger partial charge is 0.453 e. The Morgan fingerprint density at radius 2 is 1.82 bits per heavy atom. The maximum Gasteiger partial charge on any atom is 0.271 e. The number of hydrogen-bond donors (Lipinski definition) is 1. The second-order valence-corrected chi connectivity index (χ2v) is 8.59. The summed E-state index contributed by atoms with van der Waals surface area (Å²) in [6, 6.07) is 5.35. The second-order valence-electron chi connectivity index (χ2n) is 5.84. The third-order valence-electron chi connectivity index (χ3n) is 4.01. The number of non-ortho nitro benzene ring substituents is 1. The maximum absolute atomic E-state index is 14.3. The minimum Gasteiger partial charge on any atom is -0.453 e. The molecule has 3 rings (SSSR count). The Hall–Kier alpha value is -1.98. The zero-order valence-corrected chi connectivity index (χ0v) is 16.5. The van der Waals surface area contributed by atoms with Gasteiger partial charge in [0.2, 0.25) is 10.0 Å². The SMILES string of the molecule is O=[N+]([O-])c1ccc(Oc2cc(Cl)cc(Cl)c2F)c(S(=O)(=O)N2CCNCC2)c1. The molecular formula is C16H14Cl2FN3O5S. The van der Waals surface area contributed by atoms with Crippen LogP contribution in [0.2, 0.25) is 10.0 Å². The van der Waals surface area contributed by atoms with E-state index in [4.69, 9.17) is 27.9 Å². The van der Waals surface area contributed by atoms with Crippen molar-refractivity contribution in [1.82, 2.24) is 9.62 Å². The van der Waals surface area contributed by atoms with E-state index < -0.39 is 37.1 Å². The Bertz CT molecular complexity index is 1030. The third kappa shape index (κ3) is 4.20. The molecule has 1 aliphatic rings. The van der Waals surface area contributed by atoms with Gasteiger partial charge >= 0.3 is 0 Å². The second kappa shape index (κ2) is 8.18. The third-order valence-corrected chi connectivity index (χ3v) is 6.42. The molecule has 2 aromatic rings. The number of nitrogens with one attached hydrogen (secondary N) is 1. The molecule has 12 heteroatoms. The van der Waals surface area contributed by atoms with Crippen LogP contribution in [0.4, 0.5) is 10.1 Å². The van der Waals surface area contributed by atoms with Crippen LogP contribution in [0.5, 0.6) is 11.5 Å². The van der Waals surface area contributed by atoms with Gasteiger partial charge in [-0.1, -0.05) is 23.2 Å². The predicted octanol–water partition coefficient (Wildman–Crippen LogP) is 3.43. The Morgan fingerprint density at radius 1 is 1.14 bits per heavy atom. The molecule has 0 unspecified atom stereocenters. The van der Waals surface area contributed by atoms with Crippen LogP contribution >= 0.6 is 23.2 Å². The van der Waals surface area contributed by atoms with E-state index in [1.165, 1.54) is 10.4 Å². The van der Waals surface area contributed by atoms with E-state index >= 15 is 0 Å². The van der Waals surface area contributed by atoms with E-state index in [2.05, 4.69) is 5.32 Å². The van der Waals surface area contributed by atoms with Crippen LogP contribution in [0.3, 0.4) is 0 Å². The highest BCUT2D eigenvalue weighted by molar-refractivity contribution is 7.89. The van der Waals surface area contributed by atoms with Gasteiger partial charge in [-0.05, 0) is 12.1 Å². The average molecular weight is 450 g/mol. The van der Waals surface area contributed by atoms with Gasteiger partial charge in [-0.3, -0.25) is 10.1 Å². The van der Waals surface area contributed by atoms with E-state index in [9.17, 15) is 22.9 Å². The molecular weight excluding hydrogens is 436 g/mol. The number of rotatable bonds is 5. The average Bonchev–Trinajstić information content (AvgIpc) is 2.66. The molecule has 0 radical (unpaired) electrons. The van der Waals surface area contributed by atoms with Crippen molar-refractivity contribution in [3.8, 4) is 11.5 Å². The molecule has 0 atom stereocenters. The van der Waals surface area contributed by atoms with Crippen molar-refractivity contribution in [1.29, 1.82) is 0 Å². The fourth-order valence-electron chi connectivity index (χ4n) is 2.65. The summed E-state index contributed by atoms with van der Waals surface area (Å²) in [5, 5.41) is 13.9. The summed E-state index contributed by atoms with van der Waals surface area (Å²) in [5.41, 5.74) is -0.439. The molecule has 1 heterocycles. The van der Waals surface area contributed by atoms with Crippen LogP contribution in [0.1, 0.15) is 0 Å². The van der Waals surface area contributed by atoms with Crippen LogP contribution in [-0.2, 0) is 10.0 Å². The first-order valence-electron chi connectivity index (χ1n) is 8.02. The lowest BCUT2D eigenvalue weighted by molar-refractivity contribution is -0.385. The summed E-state index contributed by atoms with van der Waals surface area (Å²) in [6.45, 7) is 1.23. The van der Waals surface area contributed by atoms with Crippen LogP contribution in [0, 0.1) is 15.9 Å². The van der Waals surface area contributed by atoms with Gasteiger partial charge in [-0.25, -0.2) is 12.8 Å². The normalized spacial score (nSPS) is 15.4. The number of nitro groups is 1. The maximum atomic E-state index is 14.3. The summed E-state index contributed by atoms with van der Waals surface area (Å²) in [4.78, 5) is 9.95.